The summed E-state index contributed by atoms with van der Waals surface area (Å²) in [7, 11) is 0. The maximum absolute atomic E-state index is 11.2. The molecule has 0 aliphatic heterocycles. The Labute approximate surface area is 102 Å². The van der Waals surface area contributed by atoms with Gasteiger partial charge in [-0.05, 0) is 40.5 Å². The molecule has 0 unspecified atom stereocenters. The molecule has 0 saturated carbocycles. The molecule has 0 fully saturated rings. The fourth-order valence-electron chi connectivity index (χ4n) is 1.24. The van der Waals surface area contributed by atoms with E-state index in [0.29, 0.717) is 16.6 Å². The molecule has 0 aromatic heterocycles. The van der Waals surface area contributed by atoms with Crippen LogP contribution in [0.2, 0.25) is 0 Å². The van der Waals surface area contributed by atoms with Gasteiger partial charge in [0.25, 0.3) is 0 Å². The highest BCUT2D eigenvalue weighted by Gasteiger charge is 2.11. The molecule has 0 amide bonds. The van der Waals surface area contributed by atoms with Crippen molar-refractivity contribution in [1.29, 1.82) is 5.26 Å². The summed E-state index contributed by atoms with van der Waals surface area (Å²) in [4.78, 5) is 11.2. The normalized spacial score (nSPS) is 9.56. The van der Waals surface area contributed by atoms with E-state index in [9.17, 15) is 9.90 Å². The first-order chi connectivity index (χ1) is 7.58. The second-order valence-electron chi connectivity index (χ2n) is 3.07. The van der Waals surface area contributed by atoms with Crippen molar-refractivity contribution < 1.29 is 14.6 Å². The van der Waals surface area contributed by atoms with Gasteiger partial charge in [-0.15, -0.1) is 0 Å². The highest BCUT2D eigenvalue weighted by Crippen LogP contribution is 2.27. The first kappa shape index (κ1) is 12.5. The SMILES string of the molecule is CCOC(=O)Cc1cc(O)c(C#N)c(Br)c1. The highest BCUT2D eigenvalue weighted by atomic mass is 79.9. The molecule has 4 nitrogen and oxygen atoms in total. The summed E-state index contributed by atoms with van der Waals surface area (Å²) in [5.74, 6) is -0.505. The number of hydrogen-bond donors (Lipinski definition) is 1. The Balaban J connectivity index is 2.93. The Kier molecular flexibility index (Phi) is 4.32. The number of nitrogens with zero attached hydrogens (tertiary/aromatic N) is 1. The number of phenolic OH excluding ortho intramolecular Hbond substituents is 1. The summed E-state index contributed by atoms with van der Waals surface area (Å²) in [6, 6.07) is 4.87. The van der Waals surface area contributed by atoms with E-state index >= 15 is 0 Å². The molecule has 1 N–H and O–H groups in total. The van der Waals surface area contributed by atoms with Gasteiger partial charge in [0.1, 0.15) is 17.4 Å². The lowest BCUT2D eigenvalue weighted by molar-refractivity contribution is -0.142. The van der Waals surface area contributed by atoms with Crippen LogP contribution in [-0.2, 0) is 16.0 Å². The minimum Gasteiger partial charge on any atom is -0.507 e. The molecule has 0 bridgehead atoms. The van der Waals surface area contributed by atoms with Gasteiger partial charge < -0.3 is 9.84 Å². The molecule has 0 aliphatic carbocycles. The molecule has 1 aromatic carbocycles. The zero-order valence-corrected chi connectivity index (χ0v) is 10.2. The summed E-state index contributed by atoms with van der Waals surface area (Å²) in [5.41, 5.74) is 0.759. The van der Waals surface area contributed by atoms with Crippen LogP contribution >= 0.6 is 15.9 Å². The topological polar surface area (TPSA) is 70.3 Å². The van der Waals surface area contributed by atoms with Crippen molar-refractivity contribution >= 4 is 21.9 Å². The van der Waals surface area contributed by atoms with Crippen LogP contribution in [-0.4, -0.2) is 17.7 Å². The molecule has 0 aliphatic rings. The van der Waals surface area contributed by atoms with Crippen LogP contribution in [0.15, 0.2) is 16.6 Å². The van der Waals surface area contributed by atoms with Gasteiger partial charge in [0.2, 0.25) is 0 Å². The quantitative estimate of drug-likeness (QED) is 0.863. The Morgan fingerprint density at radius 2 is 2.31 bits per heavy atom. The Morgan fingerprint density at radius 1 is 1.62 bits per heavy atom. The van der Waals surface area contributed by atoms with Gasteiger partial charge in [0.05, 0.1) is 13.0 Å². The number of rotatable bonds is 3. The standard InChI is InChI=1S/C11H10BrNO3/c1-2-16-11(15)5-7-3-9(12)8(6-13)10(14)4-7/h3-4,14H,2,5H2,1H3. The van der Waals surface area contributed by atoms with E-state index in [2.05, 4.69) is 15.9 Å². The molecule has 84 valence electrons. The van der Waals surface area contributed by atoms with E-state index in [1.807, 2.05) is 6.07 Å². The fraction of sp³-hybridized carbons (Fsp3) is 0.273. The van der Waals surface area contributed by atoms with Crippen molar-refractivity contribution in [3.05, 3.63) is 27.7 Å². The van der Waals surface area contributed by atoms with Gasteiger partial charge >= 0.3 is 5.97 Å². The lowest BCUT2D eigenvalue weighted by Gasteiger charge is -2.05. The number of carbonyl (C=O) groups is 1. The lowest BCUT2D eigenvalue weighted by Crippen LogP contribution is -2.07. The summed E-state index contributed by atoms with van der Waals surface area (Å²) >= 11 is 3.15. The number of carbonyl (C=O) groups excluding carboxylic acids is 1. The van der Waals surface area contributed by atoms with Gasteiger partial charge in [0, 0.05) is 4.47 Å². The Bertz CT molecular complexity index is 428. The molecule has 5 heteroatoms. The fourth-order valence-corrected chi connectivity index (χ4v) is 1.82. The zero-order valence-electron chi connectivity index (χ0n) is 8.66. The van der Waals surface area contributed by atoms with Crippen LogP contribution < -0.4 is 0 Å². The molecule has 0 radical (unpaired) electrons. The van der Waals surface area contributed by atoms with E-state index in [4.69, 9.17) is 10.00 Å². The summed E-state index contributed by atoms with van der Waals surface area (Å²) in [5, 5.41) is 18.2. The molecule has 16 heavy (non-hydrogen) atoms. The molecule has 1 rings (SSSR count). The number of aromatic hydroxyl groups is 1. The van der Waals surface area contributed by atoms with Crippen LogP contribution in [0.3, 0.4) is 0 Å². The van der Waals surface area contributed by atoms with E-state index < -0.39 is 0 Å². The number of benzene rings is 1. The Morgan fingerprint density at radius 3 is 2.81 bits per heavy atom. The average Bonchev–Trinajstić information content (AvgIpc) is 2.17. The number of halogens is 1. The molecular formula is C11H10BrNO3. The van der Waals surface area contributed by atoms with Crippen molar-refractivity contribution in [2.45, 2.75) is 13.3 Å². The van der Waals surface area contributed by atoms with Crippen LogP contribution in [0.25, 0.3) is 0 Å². The third-order valence-corrected chi connectivity index (χ3v) is 2.52. The third-order valence-electron chi connectivity index (χ3n) is 1.89. The maximum Gasteiger partial charge on any atom is 0.310 e. The van der Waals surface area contributed by atoms with Gasteiger partial charge in [-0.2, -0.15) is 5.26 Å². The van der Waals surface area contributed by atoms with Gasteiger partial charge in [-0.25, -0.2) is 0 Å². The maximum atomic E-state index is 11.2. The second-order valence-corrected chi connectivity index (χ2v) is 3.92. The van der Waals surface area contributed by atoms with E-state index in [1.54, 1.807) is 13.0 Å². The lowest BCUT2D eigenvalue weighted by atomic mass is 10.1. The average molecular weight is 284 g/mol. The molecule has 0 saturated heterocycles. The second kappa shape index (κ2) is 5.52. The summed E-state index contributed by atoms with van der Waals surface area (Å²) < 4.78 is 5.25. The van der Waals surface area contributed by atoms with Crippen molar-refractivity contribution in [2.75, 3.05) is 6.61 Å². The van der Waals surface area contributed by atoms with Crippen molar-refractivity contribution in [2.24, 2.45) is 0 Å². The van der Waals surface area contributed by atoms with Crippen molar-refractivity contribution in [1.82, 2.24) is 0 Å². The van der Waals surface area contributed by atoms with E-state index in [1.165, 1.54) is 6.07 Å². The number of hydrogen-bond acceptors (Lipinski definition) is 4. The highest BCUT2D eigenvalue weighted by molar-refractivity contribution is 9.10. The summed E-state index contributed by atoms with van der Waals surface area (Å²) in [6.45, 7) is 2.05. The van der Waals surface area contributed by atoms with Crippen LogP contribution in [0.1, 0.15) is 18.1 Å². The molecule has 0 heterocycles. The van der Waals surface area contributed by atoms with Gasteiger partial charge in [-0.1, -0.05) is 0 Å². The first-order valence-corrected chi connectivity index (χ1v) is 5.45. The number of phenols is 1. The van der Waals surface area contributed by atoms with Crippen molar-refractivity contribution in [3.63, 3.8) is 0 Å². The number of nitriles is 1. The zero-order chi connectivity index (χ0) is 12.1. The molecule has 0 atom stereocenters. The monoisotopic (exact) mass is 283 g/mol. The first-order valence-electron chi connectivity index (χ1n) is 4.65. The largest absolute Gasteiger partial charge is 0.507 e. The predicted octanol–water partition coefficient (Wildman–Crippen LogP) is 2.13. The van der Waals surface area contributed by atoms with Crippen LogP contribution in [0.4, 0.5) is 0 Å². The molecule has 1 aromatic rings. The van der Waals surface area contributed by atoms with E-state index in [-0.39, 0.29) is 23.7 Å². The van der Waals surface area contributed by atoms with Crippen LogP contribution in [0.5, 0.6) is 5.75 Å². The summed E-state index contributed by atoms with van der Waals surface area (Å²) in [6.07, 6.45) is 0.0751. The van der Waals surface area contributed by atoms with Gasteiger partial charge in [0.15, 0.2) is 0 Å². The van der Waals surface area contributed by atoms with Gasteiger partial charge in [-0.3, -0.25) is 4.79 Å². The predicted molar refractivity (Wildman–Crippen MR) is 60.9 cm³/mol. The van der Waals surface area contributed by atoms with Crippen LogP contribution in [0, 0.1) is 11.3 Å². The molecule has 0 spiro atoms. The minimum absolute atomic E-state index is 0.0751. The smallest absolute Gasteiger partial charge is 0.310 e. The van der Waals surface area contributed by atoms with E-state index in [0.717, 1.165) is 0 Å². The Hall–Kier alpha value is -1.54. The number of esters is 1. The van der Waals surface area contributed by atoms with Crippen molar-refractivity contribution in [3.8, 4) is 11.8 Å². The number of ether oxygens (including phenoxy) is 1. The third kappa shape index (κ3) is 2.97. The minimum atomic E-state index is -0.362. The molecular weight excluding hydrogens is 274 g/mol.